The number of carbonyl (C=O) groups is 1. The van der Waals surface area contributed by atoms with Crippen LogP contribution in [0.1, 0.15) is 16.8 Å². The van der Waals surface area contributed by atoms with E-state index in [0.717, 1.165) is 13.0 Å². The zero-order valence-electron chi connectivity index (χ0n) is 11.0. The molecule has 0 fully saturated rings. The van der Waals surface area contributed by atoms with Crippen LogP contribution in [0.2, 0.25) is 0 Å². The smallest absolute Gasteiger partial charge is 0.254 e. The van der Waals surface area contributed by atoms with Crippen LogP contribution in [-0.2, 0) is 0 Å². The first-order valence-electron chi connectivity index (χ1n) is 6.34. The number of nitrogens with one attached hydrogen (secondary N) is 1. The summed E-state index contributed by atoms with van der Waals surface area (Å²) in [5.74, 6) is -0.0869. The van der Waals surface area contributed by atoms with Crippen molar-refractivity contribution < 1.29 is 9.21 Å². The molecule has 0 aliphatic rings. The molecule has 0 bridgehead atoms. The molecule has 0 aliphatic carbocycles. The van der Waals surface area contributed by atoms with Crippen molar-refractivity contribution in [1.82, 2.24) is 5.32 Å². The SMILES string of the molecule is CN(CCCNC(=O)c1ccoc1)c1ccccc1. The molecule has 2 aromatic rings. The number of nitrogens with zero attached hydrogens (tertiary/aromatic N) is 1. The fourth-order valence-corrected chi connectivity index (χ4v) is 1.83. The summed E-state index contributed by atoms with van der Waals surface area (Å²) in [6.45, 7) is 1.55. The average molecular weight is 258 g/mol. The molecule has 1 aromatic carbocycles. The summed E-state index contributed by atoms with van der Waals surface area (Å²) in [7, 11) is 2.05. The molecule has 1 heterocycles. The molecule has 0 saturated heterocycles. The quantitative estimate of drug-likeness (QED) is 0.810. The van der Waals surface area contributed by atoms with E-state index in [9.17, 15) is 4.79 Å². The van der Waals surface area contributed by atoms with E-state index in [1.807, 2.05) is 25.2 Å². The van der Waals surface area contributed by atoms with Crippen LogP contribution >= 0.6 is 0 Å². The summed E-state index contributed by atoms with van der Waals surface area (Å²) in [4.78, 5) is 13.8. The van der Waals surface area contributed by atoms with Crippen LogP contribution in [0, 0.1) is 0 Å². The molecular weight excluding hydrogens is 240 g/mol. The zero-order chi connectivity index (χ0) is 13.5. The molecule has 1 aromatic heterocycles. The van der Waals surface area contributed by atoms with Gasteiger partial charge in [0.1, 0.15) is 6.26 Å². The second kappa shape index (κ2) is 6.64. The Kier molecular flexibility index (Phi) is 4.61. The molecule has 4 nitrogen and oxygen atoms in total. The van der Waals surface area contributed by atoms with E-state index in [0.29, 0.717) is 12.1 Å². The molecule has 1 N–H and O–H groups in total. The van der Waals surface area contributed by atoms with Gasteiger partial charge in [0.05, 0.1) is 11.8 Å². The van der Waals surface area contributed by atoms with Crippen LogP contribution in [0.3, 0.4) is 0 Å². The minimum atomic E-state index is -0.0869. The van der Waals surface area contributed by atoms with Gasteiger partial charge in [-0.2, -0.15) is 0 Å². The highest BCUT2D eigenvalue weighted by Crippen LogP contribution is 2.10. The van der Waals surface area contributed by atoms with Crippen LogP contribution in [0.25, 0.3) is 0 Å². The van der Waals surface area contributed by atoms with E-state index in [4.69, 9.17) is 4.42 Å². The maximum Gasteiger partial charge on any atom is 0.254 e. The predicted octanol–water partition coefficient (Wildman–Crippen LogP) is 2.54. The number of rotatable bonds is 6. The summed E-state index contributed by atoms with van der Waals surface area (Å²) in [5, 5.41) is 2.87. The molecular formula is C15H18N2O2. The topological polar surface area (TPSA) is 45.5 Å². The van der Waals surface area contributed by atoms with E-state index < -0.39 is 0 Å². The molecule has 0 atom stereocenters. The molecule has 100 valence electrons. The van der Waals surface area contributed by atoms with Crippen molar-refractivity contribution in [2.45, 2.75) is 6.42 Å². The summed E-state index contributed by atoms with van der Waals surface area (Å²) >= 11 is 0. The largest absolute Gasteiger partial charge is 0.472 e. The van der Waals surface area contributed by atoms with E-state index in [1.165, 1.54) is 18.2 Å². The minimum Gasteiger partial charge on any atom is -0.472 e. The van der Waals surface area contributed by atoms with E-state index >= 15 is 0 Å². The highest BCUT2D eigenvalue weighted by molar-refractivity contribution is 5.93. The van der Waals surface area contributed by atoms with Crippen molar-refractivity contribution in [2.75, 3.05) is 25.0 Å². The van der Waals surface area contributed by atoms with Crippen molar-refractivity contribution in [3.63, 3.8) is 0 Å². The summed E-state index contributed by atoms with van der Waals surface area (Å²) in [6, 6.07) is 11.8. The van der Waals surface area contributed by atoms with Gasteiger partial charge in [-0.15, -0.1) is 0 Å². The summed E-state index contributed by atoms with van der Waals surface area (Å²) in [6.07, 6.45) is 3.85. The number of para-hydroxylation sites is 1. The Labute approximate surface area is 113 Å². The first-order valence-corrected chi connectivity index (χ1v) is 6.34. The maximum absolute atomic E-state index is 11.6. The third-order valence-corrected chi connectivity index (χ3v) is 2.94. The molecule has 4 heteroatoms. The lowest BCUT2D eigenvalue weighted by molar-refractivity contribution is 0.0953. The second-order valence-corrected chi connectivity index (χ2v) is 4.38. The van der Waals surface area contributed by atoms with Gasteiger partial charge in [0.25, 0.3) is 5.91 Å². The normalized spacial score (nSPS) is 10.2. The van der Waals surface area contributed by atoms with Gasteiger partial charge in [-0.25, -0.2) is 0 Å². The third-order valence-electron chi connectivity index (χ3n) is 2.94. The lowest BCUT2D eigenvalue weighted by Crippen LogP contribution is -2.27. The van der Waals surface area contributed by atoms with Crippen molar-refractivity contribution in [1.29, 1.82) is 0 Å². The van der Waals surface area contributed by atoms with Crippen molar-refractivity contribution >= 4 is 11.6 Å². The maximum atomic E-state index is 11.6. The van der Waals surface area contributed by atoms with Crippen molar-refractivity contribution in [2.24, 2.45) is 0 Å². The number of benzene rings is 1. The zero-order valence-corrected chi connectivity index (χ0v) is 11.0. The van der Waals surface area contributed by atoms with Crippen LogP contribution in [-0.4, -0.2) is 26.0 Å². The van der Waals surface area contributed by atoms with E-state index in [1.54, 1.807) is 6.07 Å². The first-order chi connectivity index (χ1) is 9.27. The van der Waals surface area contributed by atoms with Gasteiger partial charge in [0, 0.05) is 25.8 Å². The number of amides is 1. The van der Waals surface area contributed by atoms with Crippen molar-refractivity contribution in [3.8, 4) is 0 Å². The van der Waals surface area contributed by atoms with Crippen molar-refractivity contribution in [3.05, 3.63) is 54.5 Å². The third kappa shape index (κ3) is 3.88. The number of hydrogen-bond donors (Lipinski definition) is 1. The predicted molar refractivity (Wildman–Crippen MR) is 75.4 cm³/mol. The molecule has 0 aliphatic heterocycles. The molecule has 0 saturated carbocycles. The molecule has 2 rings (SSSR count). The summed E-state index contributed by atoms with van der Waals surface area (Å²) < 4.78 is 4.87. The molecule has 0 unspecified atom stereocenters. The fourth-order valence-electron chi connectivity index (χ4n) is 1.83. The van der Waals surface area contributed by atoms with E-state index in [2.05, 4.69) is 22.3 Å². The van der Waals surface area contributed by atoms with Gasteiger partial charge in [0.2, 0.25) is 0 Å². The van der Waals surface area contributed by atoms with Gasteiger partial charge >= 0.3 is 0 Å². The van der Waals surface area contributed by atoms with E-state index in [-0.39, 0.29) is 5.91 Å². The number of hydrogen-bond acceptors (Lipinski definition) is 3. The second-order valence-electron chi connectivity index (χ2n) is 4.38. The molecule has 0 radical (unpaired) electrons. The lowest BCUT2D eigenvalue weighted by atomic mass is 10.2. The number of anilines is 1. The molecule has 1 amide bonds. The summed E-state index contributed by atoms with van der Waals surface area (Å²) in [5.41, 5.74) is 1.75. The molecule has 19 heavy (non-hydrogen) atoms. The Bertz CT molecular complexity index is 494. The lowest BCUT2D eigenvalue weighted by Gasteiger charge is -2.19. The highest BCUT2D eigenvalue weighted by Gasteiger charge is 2.05. The average Bonchev–Trinajstić information content (AvgIpc) is 2.98. The van der Waals surface area contributed by atoms with Crippen LogP contribution in [0.4, 0.5) is 5.69 Å². The minimum absolute atomic E-state index is 0.0869. The fraction of sp³-hybridized carbons (Fsp3) is 0.267. The Morgan fingerprint density at radius 1 is 1.26 bits per heavy atom. The molecule has 0 spiro atoms. The Morgan fingerprint density at radius 2 is 2.05 bits per heavy atom. The first kappa shape index (κ1) is 13.2. The standard InChI is InChI=1S/C15H18N2O2/c1-17(14-6-3-2-4-7-14)10-5-9-16-15(18)13-8-11-19-12-13/h2-4,6-8,11-12H,5,9-10H2,1H3,(H,16,18). The van der Waals surface area contributed by atoms with Gasteiger partial charge < -0.3 is 14.6 Å². The monoisotopic (exact) mass is 258 g/mol. The Hall–Kier alpha value is -2.23. The highest BCUT2D eigenvalue weighted by atomic mass is 16.3. The number of carbonyl (C=O) groups excluding carboxylic acids is 1. The van der Waals surface area contributed by atoms with Gasteiger partial charge in [-0.05, 0) is 24.6 Å². The van der Waals surface area contributed by atoms with Crippen LogP contribution in [0.5, 0.6) is 0 Å². The van der Waals surface area contributed by atoms with Gasteiger partial charge in [-0.1, -0.05) is 18.2 Å². The van der Waals surface area contributed by atoms with Gasteiger partial charge in [-0.3, -0.25) is 4.79 Å². The Morgan fingerprint density at radius 3 is 2.74 bits per heavy atom. The number of furan rings is 1. The van der Waals surface area contributed by atoms with Gasteiger partial charge in [0.15, 0.2) is 0 Å². The van der Waals surface area contributed by atoms with Crippen LogP contribution in [0.15, 0.2) is 53.3 Å². The van der Waals surface area contributed by atoms with Crippen LogP contribution < -0.4 is 10.2 Å². The Balaban J connectivity index is 1.68.